The first-order valence-electron chi connectivity index (χ1n) is 12.4. The van der Waals surface area contributed by atoms with E-state index in [1.807, 2.05) is 30.3 Å². The Hall–Kier alpha value is -3.41. The summed E-state index contributed by atoms with van der Waals surface area (Å²) in [5.74, 6) is 1.32. The van der Waals surface area contributed by atoms with Crippen LogP contribution in [0.4, 0.5) is 0 Å². The molecule has 4 aromatic rings. The SMILES string of the molecule is Cc1cccc(-c2ccc(C3CCN(S(=O)(=O)c4ccccc4Oc4ccccc4)CC3)cc2)c1C. The summed E-state index contributed by atoms with van der Waals surface area (Å²) in [6, 6.07) is 31.4. The molecule has 0 aliphatic carbocycles. The van der Waals surface area contributed by atoms with E-state index in [9.17, 15) is 8.42 Å². The summed E-state index contributed by atoms with van der Waals surface area (Å²) < 4.78 is 34.6. The molecule has 4 aromatic carbocycles. The Morgan fingerprint density at radius 2 is 1.42 bits per heavy atom. The molecule has 5 heteroatoms. The number of hydrogen-bond donors (Lipinski definition) is 0. The van der Waals surface area contributed by atoms with E-state index in [1.165, 1.54) is 27.8 Å². The second-order valence-electron chi connectivity index (χ2n) is 9.41. The van der Waals surface area contributed by atoms with Crippen molar-refractivity contribution in [3.8, 4) is 22.6 Å². The molecule has 0 saturated carbocycles. The normalized spacial score (nSPS) is 15.1. The summed E-state index contributed by atoms with van der Waals surface area (Å²) in [5, 5.41) is 0. The van der Waals surface area contributed by atoms with Crippen LogP contribution in [-0.2, 0) is 10.0 Å². The molecular weight excluding hydrogens is 466 g/mol. The van der Waals surface area contributed by atoms with Crippen LogP contribution in [0, 0.1) is 13.8 Å². The van der Waals surface area contributed by atoms with Crippen molar-refractivity contribution in [1.82, 2.24) is 4.31 Å². The topological polar surface area (TPSA) is 46.6 Å². The molecule has 0 atom stereocenters. The number of piperidine rings is 1. The lowest BCUT2D eigenvalue weighted by Crippen LogP contribution is -2.38. The van der Waals surface area contributed by atoms with Crippen molar-refractivity contribution in [2.24, 2.45) is 0 Å². The molecule has 1 heterocycles. The van der Waals surface area contributed by atoms with Crippen molar-refractivity contribution in [2.75, 3.05) is 13.1 Å². The Balaban J connectivity index is 1.29. The molecule has 0 bridgehead atoms. The summed E-state index contributed by atoms with van der Waals surface area (Å²) in [5.41, 5.74) is 6.35. The predicted octanol–water partition coefficient (Wildman–Crippen LogP) is 7.33. The summed E-state index contributed by atoms with van der Waals surface area (Å²) in [7, 11) is -3.66. The lowest BCUT2D eigenvalue weighted by atomic mass is 9.88. The minimum atomic E-state index is -3.66. The van der Waals surface area contributed by atoms with Gasteiger partial charge in [0.1, 0.15) is 16.4 Å². The quantitative estimate of drug-likeness (QED) is 0.280. The molecule has 36 heavy (non-hydrogen) atoms. The molecule has 1 saturated heterocycles. The molecule has 184 valence electrons. The molecular formula is C31H31NO3S. The van der Waals surface area contributed by atoms with E-state index in [1.54, 1.807) is 28.6 Å². The van der Waals surface area contributed by atoms with Crippen LogP contribution < -0.4 is 4.74 Å². The molecule has 1 aliphatic heterocycles. The standard InChI is InChI=1S/C31H31NO3S/c1-23-9-8-12-29(24(23)2)27-17-15-25(16-18-27)26-19-21-32(22-20-26)36(33,34)31-14-7-6-13-30(31)35-28-10-4-3-5-11-28/h3-18,26H,19-22H2,1-2H3. The highest BCUT2D eigenvalue weighted by molar-refractivity contribution is 7.89. The van der Waals surface area contributed by atoms with Gasteiger partial charge in [-0.25, -0.2) is 8.42 Å². The average Bonchev–Trinajstić information content (AvgIpc) is 2.91. The number of benzene rings is 4. The van der Waals surface area contributed by atoms with Crippen molar-refractivity contribution in [2.45, 2.75) is 37.5 Å². The predicted molar refractivity (Wildman–Crippen MR) is 145 cm³/mol. The van der Waals surface area contributed by atoms with Gasteiger partial charge in [-0.05, 0) is 84.7 Å². The van der Waals surface area contributed by atoms with Crippen molar-refractivity contribution in [3.63, 3.8) is 0 Å². The lowest BCUT2D eigenvalue weighted by Gasteiger charge is -2.32. The Morgan fingerprint density at radius 1 is 0.750 bits per heavy atom. The summed E-state index contributed by atoms with van der Waals surface area (Å²) in [6.07, 6.45) is 1.59. The van der Waals surface area contributed by atoms with Crippen molar-refractivity contribution in [3.05, 3.63) is 114 Å². The maximum absolute atomic E-state index is 13.5. The van der Waals surface area contributed by atoms with Gasteiger partial charge in [0, 0.05) is 13.1 Å². The van der Waals surface area contributed by atoms with Gasteiger partial charge >= 0.3 is 0 Å². The maximum atomic E-state index is 13.5. The Bertz CT molecular complexity index is 1440. The molecule has 0 amide bonds. The second kappa shape index (κ2) is 10.3. The molecule has 0 N–H and O–H groups in total. The Morgan fingerprint density at radius 3 is 2.14 bits per heavy atom. The highest BCUT2D eigenvalue weighted by Gasteiger charge is 2.32. The smallest absolute Gasteiger partial charge is 0.246 e. The second-order valence-corrected chi connectivity index (χ2v) is 11.3. The summed E-state index contributed by atoms with van der Waals surface area (Å²) in [6.45, 7) is 5.29. The zero-order valence-corrected chi connectivity index (χ0v) is 21.5. The summed E-state index contributed by atoms with van der Waals surface area (Å²) in [4.78, 5) is 0.213. The van der Waals surface area contributed by atoms with Crippen molar-refractivity contribution >= 4 is 10.0 Å². The van der Waals surface area contributed by atoms with Gasteiger partial charge in [-0.2, -0.15) is 4.31 Å². The summed E-state index contributed by atoms with van der Waals surface area (Å²) >= 11 is 0. The van der Waals surface area contributed by atoms with E-state index in [2.05, 4.69) is 56.3 Å². The number of sulfonamides is 1. The first-order chi connectivity index (χ1) is 17.4. The van der Waals surface area contributed by atoms with Gasteiger partial charge in [0.2, 0.25) is 10.0 Å². The fourth-order valence-electron chi connectivity index (χ4n) is 4.93. The van der Waals surface area contributed by atoms with Crippen LogP contribution in [0.5, 0.6) is 11.5 Å². The van der Waals surface area contributed by atoms with Crippen molar-refractivity contribution in [1.29, 1.82) is 0 Å². The van der Waals surface area contributed by atoms with Gasteiger partial charge in [0.05, 0.1) is 0 Å². The third-order valence-corrected chi connectivity index (χ3v) is 9.13. The Kier molecular flexibility index (Phi) is 6.95. The number of nitrogens with zero attached hydrogens (tertiary/aromatic N) is 1. The van der Waals surface area contributed by atoms with Crippen LogP contribution in [0.2, 0.25) is 0 Å². The molecule has 4 nitrogen and oxygen atoms in total. The molecule has 0 unspecified atom stereocenters. The monoisotopic (exact) mass is 497 g/mol. The van der Waals surface area contributed by atoms with E-state index < -0.39 is 10.0 Å². The number of rotatable bonds is 6. The molecule has 1 aliphatic rings. The van der Waals surface area contributed by atoms with E-state index in [0.717, 1.165) is 12.8 Å². The zero-order chi connectivity index (χ0) is 25.1. The van der Waals surface area contributed by atoms with E-state index >= 15 is 0 Å². The molecule has 5 rings (SSSR count). The van der Waals surface area contributed by atoms with Crippen LogP contribution in [-0.4, -0.2) is 25.8 Å². The minimum absolute atomic E-state index is 0.213. The zero-order valence-electron chi connectivity index (χ0n) is 20.7. The van der Waals surface area contributed by atoms with E-state index in [-0.39, 0.29) is 4.90 Å². The van der Waals surface area contributed by atoms with Gasteiger partial charge in [-0.1, -0.05) is 72.8 Å². The highest BCUT2D eigenvalue weighted by atomic mass is 32.2. The van der Waals surface area contributed by atoms with Gasteiger partial charge in [0.15, 0.2) is 0 Å². The number of aryl methyl sites for hydroxylation is 1. The van der Waals surface area contributed by atoms with Crippen molar-refractivity contribution < 1.29 is 13.2 Å². The largest absolute Gasteiger partial charge is 0.456 e. The number of para-hydroxylation sites is 2. The highest BCUT2D eigenvalue weighted by Crippen LogP contribution is 2.35. The van der Waals surface area contributed by atoms with Gasteiger partial charge in [-0.3, -0.25) is 0 Å². The van der Waals surface area contributed by atoms with Gasteiger partial charge in [0.25, 0.3) is 0 Å². The van der Waals surface area contributed by atoms with Gasteiger partial charge < -0.3 is 4.74 Å². The van der Waals surface area contributed by atoms with E-state index in [4.69, 9.17) is 4.74 Å². The van der Waals surface area contributed by atoms with Crippen LogP contribution >= 0.6 is 0 Å². The average molecular weight is 498 g/mol. The van der Waals surface area contributed by atoms with E-state index in [0.29, 0.717) is 30.5 Å². The minimum Gasteiger partial charge on any atom is -0.456 e. The van der Waals surface area contributed by atoms with Crippen LogP contribution in [0.3, 0.4) is 0 Å². The molecule has 0 aromatic heterocycles. The first-order valence-corrected chi connectivity index (χ1v) is 13.9. The fraction of sp³-hybridized carbons (Fsp3) is 0.226. The molecule has 0 spiro atoms. The third kappa shape index (κ3) is 4.95. The number of hydrogen-bond acceptors (Lipinski definition) is 3. The lowest BCUT2D eigenvalue weighted by molar-refractivity contribution is 0.318. The Labute approximate surface area is 214 Å². The van der Waals surface area contributed by atoms with Crippen LogP contribution in [0.1, 0.15) is 35.4 Å². The number of ether oxygens (including phenoxy) is 1. The third-order valence-electron chi connectivity index (χ3n) is 7.19. The molecule has 0 radical (unpaired) electrons. The fourth-order valence-corrected chi connectivity index (χ4v) is 6.51. The molecule has 1 fully saturated rings. The van der Waals surface area contributed by atoms with Gasteiger partial charge in [-0.15, -0.1) is 0 Å². The maximum Gasteiger partial charge on any atom is 0.246 e. The van der Waals surface area contributed by atoms with Crippen LogP contribution in [0.15, 0.2) is 102 Å². The van der Waals surface area contributed by atoms with Crippen LogP contribution in [0.25, 0.3) is 11.1 Å². The first kappa shape index (κ1) is 24.3.